The number of aromatic nitrogens is 3. The molecule has 0 unspecified atom stereocenters. The number of para-hydroxylation sites is 1. The maximum absolute atomic E-state index is 14.1. The fraction of sp³-hybridized carbons (Fsp3) is 0.217. The van der Waals surface area contributed by atoms with Crippen molar-refractivity contribution >= 4 is 28.0 Å². The smallest absolute Gasteiger partial charge is 0.322 e. The maximum atomic E-state index is 14.1. The Morgan fingerprint density at radius 2 is 1.71 bits per heavy atom. The summed E-state index contributed by atoms with van der Waals surface area (Å²) in [6, 6.07) is 13.4. The third kappa shape index (κ3) is 4.52. The number of piperazine rings is 1. The van der Waals surface area contributed by atoms with E-state index in [-0.39, 0.29) is 17.3 Å². The number of nitrogens with zero attached hydrogens (tertiary/aromatic N) is 5. The van der Waals surface area contributed by atoms with E-state index in [1.54, 1.807) is 35.2 Å². The molecule has 11 heteroatoms. The molecule has 0 saturated carbocycles. The second kappa shape index (κ2) is 9.27. The van der Waals surface area contributed by atoms with Gasteiger partial charge in [0, 0.05) is 44.4 Å². The Labute approximate surface area is 197 Å². The molecule has 0 atom stereocenters. The van der Waals surface area contributed by atoms with Crippen LogP contribution in [0.3, 0.4) is 0 Å². The summed E-state index contributed by atoms with van der Waals surface area (Å²) in [4.78, 5) is 33.7. The molecule has 2 amide bonds. The average Bonchev–Trinajstić information content (AvgIpc) is 3.26. The lowest BCUT2D eigenvalue weighted by Gasteiger charge is -2.34. The number of benzene rings is 2. The molecule has 8 nitrogen and oxygen atoms in total. The average molecular weight is 483 g/mol. The van der Waals surface area contributed by atoms with Gasteiger partial charge >= 0.3 is 6.03 Å². The molecule has 34 heavy (non-hydrogen) atoms. The van der Waals surface area contributed by atoms with Crippen molar-refractivity contribution in [2.45, 2.75) is 6.54 Å². The summed E-state index contributed by atoms with van der Waals surface area (Å²) < 4.78 is 29.1. The molecule has 1 aliphatic rings. The van der Waals surface area contributed by atoms with Crippen molar-refractivity contribution < 1.29 is 13.6 Å². The second-order valence-electron chi connectivity index (χ2n) is 7.84. The normalized spacial score (nSPS) is 14.5. The van der Waals surface area contributed by atoms with Crippen LogP contribution < -0.4 is 10.9 Å². The Hall–Kier alpha value is -3.70. The van der Waals surface area contributed by atoms with Crippen LogP contribution in [0.1, 0.15) is 5.69 Å². The summed E-state index contributed by atoms with van der Waals surface area (Å²) in [5, 5.41) is 7.21. The Kier molecular flexibility index (Phi) is 6.03. The van der Waals surface area contributed by atoms with E-state index in [1.165, 1.54) is 28.8 Å². The molecular formula is C23H20F2N6O2S. The zero-order valence-corrected chi connectivity index (χ0v) is 18.8. The number of anilines is 1. The van der Waals surface area contributed by atoms with Gasteiger partial charge in [-0.2, -0.15) is 9.61 Å². The third-order valence-corrected chi connectivity index (χ3v) is 6.50. The number of rotatable bonds is 4. The SMILES string of the molecule is O=C(Nc1ccccc1F)N1CCN(Cc2cc(=O)n3nc(-c4ccccc4F)sc3n2)CC1. The van der Waals surface area contributed by atoms with Crippen LogP contribution in [0.2, 0.25) is 0 Å². The molecule has 0 spiro atoms. The summed E-state index contributed by atoms with van der Waals surface area (Å²) >= 11 is 1.15. The number of fused-ring (bicyclic) bond motifs is 1. The van der Waals surface area contributed by atoms with Gasteiger partial charge in [-0.25, -0.2) is 18.6 Å². The highest BCUT2D eigenvalue weighted by Gasteiger charge is 2.23. The number of hydrogen-bond acceptors (Lipinski definition) is 6. The fourth-order valence-corrected chi connectivity index (χ4v) is 4.73. The molecule has 0 aliphatic carbocycles. The first-order chi connectivity index (χ1) is 16.5. The number of hydrogen-bond donors (Lipinski definition) is 1. The molecule has 1 aliphatic heterocycles. The molecular weight excluding hydrogens is 462 g/mol. The highest BCUT2D eigenvalue weighted by Crippen LogP contribution is 2.26. The monoisotopic (exact) mass is 482 g/mol. The summed E-state index contributed by atoms with van der Waals surface area (Å²) in [5.41, 5.74) is 0.718. The van der Waals surface area contributed by atoms with E-state index in [1.807, 2.05) is 0 Å². The van der Waals surface area contributed by atoms with Crippen molar-refractivity contribution in [1.29, 1.82) is 0 Å². The Balaban J connectivity index is 1.25. The lowest BCUT2D eigenvalue weighted by Crippen LogP contribution is -2.49. The van der Waals surface area contributed by atoms with Gasteiger partial charge in [-0.05, 0) is 24.3 Å². The second-order valence-corrected chi connectivity index (χ2v) is 8.80. The maximum Gasteiger partial charge on any atom is 0.322 e. The minimum absolute atomic E-state index is 0.146. The topological polar surface area (TPSA) is 82.8 Å². The van der Waals surface area contributed by atoms with Crippen molar-refractivity contribution in [1.82, 2.24) is 24.4 Å². The fourth-order valence-electron chi connectivity index (χ4n) is 3.78. The Morgan fingerprint density at radius 3 is 2.44 bits per heavy atom. The zero-order chi connectivity index (χ0) is 23.7. The van der Waals surface area contributed by atoms with Crippen molar-refractivity contribution in [3.63, 3.8) is 0 Å². The summed E-state index contributed by atoms with van der Waals surface area (Å²) in [6.45, 7) is 2.50. The van der Waals surface area contributed by atoms with Crippen molar-refractivity contribution in [3.05, 3.63) is 82.3 Å². The molecule has 1 N–H and O–H groups in total. The molecule has 2 aromatic carbocycles. The molecule has 174 valence electrons. The number of carbonyl (C=O) groups is 1. The first-order valence-corrected chi connectivity index (χ1v) is 11.5. The van der Waals surface area contributed by atoms with E-state index < -0.39 is 11.6 Å². The van der Waals surface area contributed by atoms with Crippen molar-refractivity contribution in [2.75, 3.05) is 31.5 Å². The highest BCUT2D eigenvalue weighted by atomic mass is 32.1. The molecule has 0 bridgehead atoms. The van der Waals surface area contributed by atoms with Crippen molar-refractivity contribution in [3.8, 4) is 10.6 Å². The minimum atomic E-state index is -0.483. The number of amides is 2. The van der Waals surface area contributed by atoms with E-state index in [0.717, 1.165) is 11.3 Å². The third-order valence-electron chi connectivity index (χ3n) is 5.56. The van der Waals surface area contributed by atoms with Gasteiger partial charge in [-0.1, -0.05) is 35.6 Å². The summed E-state index contributed by atoms with van der Waals surface area (Å²) in [7, 11) is 0. The van der Waals surface area contributed by atoms with Gasteiger partial charge in [0.25, 0.3) is 5.56 Å². The van der Waals surface area contributed by atoms with Gasteiger partial charge in [0.2, 0.25) is 4.96 Å². The van der Waals surface area contributed by atoms with Crippen LogP contribution >= 0.6 is 11.3 Å². The molecule has 2 aromatic heterocycles. The lowest BCUT2D eigenvalue weighted by molar-refractivity contribution is 0.142. The number of nitrogens with one attached hydrogen (secondary N) is 1. The van der Waals surface area contributed by atoms with Crippen LogP contribution in [0.4, 0.5) is 19.3 Å². The zero-order valence-electron chi connectivity index (χ0n) is 17.9. The first-order valence-electron chi connectivity index (χ1n) is 10.7. The summed E-state index contributed by atoms with van der Waals surface area (Å²) in [6.07, 6.45) is 0. The van der Waals surface area contributed by atoms with Gasteiger partial charge in [-0.3, -0.25) is 9.69 Å². The van der Waals surface area contributed by atoms with Gasteiger partial charge in [-0.15, -0.1) is 0 Å². The predicted octanol–water partition coefficient (Wildman–Crippen LogP) is 3.45. The molecule has 1 saturated heterocycles. The van der Waals surface area contributed by atoms with Gasteiger partial charge < -0.3 is 10.2 Å². The van der Waals surface area contributed by atoms with Crippen LogP contribution in [-0.4, -0.2) is 56.6 Å². The predicted molar refractivity (Wildman–Crippen MR) is 125 cm³/mol. The van der Waals surface area contributed by atoms with Gasteiger partial charge in [0.05, 0.1) is 11.4 Å². The van der Waals surface area contributed by atoms with E-state index in [4.69, 9.17) is 0 Å². The van der Waals surface area contributed by atoms with E-state index in [0.29, 0.717) is 53.9 Å². The molecule has 3 heterocycles. The molecule has 5 rings (SSSR count). The van der Waals surface area contributed by atoms with Crippen LogP contribution in [0.5, 0.6) is 0 Å². The quantitative estimate of drug-likeness (QED) is 0.482. The number of halogens is 2. The number of urea groups is 1. The van der Waals surface area contributed by atoms with E-state index in [9.17, 15) is 18.4 Å². The largest absolute Gasteiger partial charge is 0.322 e. The lowest BCUT2D eigenvalue weighted by atomic mass is 10.2. The minimum Gasteiger partial charge on any atom is -0.322 e. The van der Waals surface area contributed by atoms with Crippen LogP contribution in [0, 0.1) is 11.6 Å². The molecule has 1 fully saturated rings. The van der Waals surface area contributed by atoms with Crippen LogP contribution in [0.15, 0.2) is 59.4 Å². The van der Waals surface area contributed by atoms with Crippen LogP contribution in [0.25, 0.3) is 15.5 Å². The van der Waals surface area contributed by atoms with Gasteiger partial charge in [0.15, 0.2) is 5.01 Å². The summed E-state index contributed by atoms with van der Waals surface area (Å²) in [5.74, 6) is -0.893. The molecule has 0 radical (unpaired) electrons. The van der Waals surface area contributed by atoms with E-state index >= 15 is 0 Å². The Bertz CT molecular complexity index is 1410. The molecule has 4 aromatic rings. The van der Waals surface area contributed by atoms with E-state index in [2.05, 4.69) is 20.3 Å². The number of carbonyl (C=O) groups excluding carboxylic acids is 1. The standard InChI is InChI=1S/C23H20F2N6O2S/c24-17-6-2-1-5-16(17)21-28-31-20(32)13-15(26-23(31)34-21)14-29-9-11-30(12-10-29)22(33)27-19-8-4-3-7-18(19)25/h1-8,13H,9-12,14H2,(H,27,33). The Morgan fingerprint density at radius 1 is 1.00 bits per heavy atom. The first kappa shape index (κ1) is 22.1. The highest BCUT2D eigenvalue weighted by molar-refractivity contribution is 7.19. The van der Waals surface area contributed by atoms with Gasteiger partial charge in [0.1, 0.15) is 11.6 Å². The van der Waals surface area contributed by atoms with Crippen molar-refractivity contribution in [2.24, 2.45) is 0 Å². The van der Waals surface area contributed by atoms with Crippen LogP contribution in [-0.2, 0) is 6.54 Å².